The van der Waals surface area contributed by atoms with Crippen LogP contribution in [-0.2, 0) is 4.74 Å². The first kappa shape index (κ1) is 12.4. The van der Waals surface area contributed by atoms with E-state index in [2.05, 4.69) is 11.4 Å². The third-order valence-corrected chi connectivity index (χ3v) is 2.76. The highest BCUT2D eigenvalue weighted by Gasteiger charge is 2.40. The molecule has 1 aliphatic rings. The number of aliphatic hydroxyl groups is 1. The van der Waals surface area contributed by atoms with Gasteiger partial charge in [0.25, 0.3) is 0 Å². The van der Waals surface area contributed by atoms with Crippen LogP contribution in [0.4, 0.5) is 0 Å². The first-order chi connectivity index (χ1) is 7.04. The number of aliphatic hydroxyl groups excluding tert-OH is 1. The molecule has 0 aliphatic carbocycles. The molecule has 1 aliphatic heterocycles. The van der Waals surface area contributed by atoms with Gasteiger partial charge in [0, 0.05) is 19.4 Å². The van der Waals surface area contributed by atoms with E-state index >= 15 is 0 Å². The standard InChI is InChI=1S/C11H20N2O2/c1-10(2)8-11(9-12,4-7-15-10)13-5-3-6-14/h13-14H,3-8H2,1-2H3. The number of hydrogen-bond acceptors (Lipinski definition) is 4. The zero-order valence-electron chi connectivity index (χ0n) is 9.55. The van der Waals surface area contributed by atoms with Gasteiger partial charge in [-0.05, 0) is 26.8 Å². The second kappa shape index (κ2) is 4.93. The van der Waals surface area contributed by atoms with E-state index in [1.54, 1.807) is 0 Å². The van der Waals surface area contributed by atoms with Crippen molar-refractivity contribution in [2.75, 3.05) is 19.8 Å². The monoisotopic (exact) mass is 212 g/mol. The topological polar surface area (TPSA) is 65.3 Å². The molecule has 4 heteroatoms. The third-order valence-electron chi connectivity index (χ3n) is 2.76. The van der Waals surface area contributed by atoms with Crippen LogP contribution in [0.25, 0.3) is 0 Å². The molecule has 0 bridgehead atoms. The average Bonchev–Trinajstić information content (AvgIpc) is 2.17. The largest absolute Gasteiger partial charge is 0.396 e. The molecule has 1 atom stereocenters. The number of nitrogens with zero attached hydrogens (tertiary/aromatic N) is 1. The molecule has 0 amide bonds. The predicted molar refractivity (Wildman–Crippen MR) is 57.3 cm³/mol. The lowest BCUT2D eigenvalue weighted by molar-refractivity contribution is -0.0760. The fourth-order valence-corrected chi connectivity index (χ4v) is 2.06. The van der Waals surface area contributed by atoms with Crippen LogP contribution in [0.3, 0.4) is 0 Å². The molecule has 1 fully saturated rings. The van der Waals surface area contributed by atoms with E-state index in [-0.39, 0.29) is 12.2 Å². The first-order valence-electron chi connectivity index (χ1n) is 5.45. The van der Waals surface area contributed by atoms with E-state index < -0.39 is 5.54 Å². The Morgan fingerprint density at radius 1 is 1.53 bits per heavy atom. The van der Waals surface area contributed by atoms with Gasteiger partial charge in [0.1, 0.15) is 5.54 Å². The Labute approximate surface area is 91.2 Å². The molecule has 0 aromatic rings. The maximum absolute atomic E-state index is 9.24. The summed E-state index contributed by atoms with van der Waals surface area (Å²) < 4.78 is 5.59. The van der Waals surface area contributed by atoms with Crippen molar-refractivity contribution in [3.8, 4) is 6.07 Å². The summed E-state index contributed by atoms with van der Waals surface area (Å²) in [6.45, 7) is 5.47. The fraction of sp³-hybridized carbons (Fsp3) is 0.909. The lowest BCUT2D eigenvalue weighted by atomic mass is 9.82. The molecule has 0 aromatic heterocycles. The third kappa shape index (κ3) is 3.45. The average molecular weight is 212 g/mol. The summed E-state index contributed by atoms with van der Waals surface area (Å²) in [5, 5.41) is 21.2. The normalized spacial score (nSPS) is 29.7. The van der Waals surface area contributed by atoms with Crippen LogP contribution in [0.5, 0.6) is 0 Å². The molecule has 0 saturated carbocycles. The quantitative estimate of drug-likeness (QED) is 0.677. The van der Waals surface area contributed by atoms with Gasteiger partial charge in [-0.1, -0.05) is 0 Å². The number of hydrogen-bond donors (Lipinski definition) is 2. The van der Waals surface area contributed by atoms with E-state index in [0.29, 0.717) is 26.0 Å². The summed E-state index contributed by atoms with van der Waals surface area (Å²) in [7, 11) is 0. The summed E-state index contributed by atoms with van der Waals surface area (Å²) in [4.78, 5) is 0. The smallest absolute Gasteiger partial charge is 0.111 e. The molecule has 1 rings (SSSR count). The Morgan fingerprint density at radius 2 is 2.27 bits per heavy atom. The van der Waals surface area contributed by atoms with Crippen molar-refractivity contribution in [1.29, 1.82) is 5.26 Å². The molecule has 4 nitrogen and oxygen atoms in total. The summed E-state index contributed by atoms with van der Waals surface area (Å²) in [6.07, 6.45) is 2.10. The summed E-state index contributed by atoms with van der Waals surface area (Å²) in [6, 6.07) is 2.36. The minimum absolute atomic E-state index is 0.161. The Bertz CT molecular complexity index is 247. The Morgan fingerprint density at radius 3 is 2.80 bits per heavy atom. The van der Waals surface area contributed by atoms with Gasteiger partial charge in [0.15, 0.2) is 0 Å². The van der Waals surface area contributed by atoms with Gasteiger partial charge in [-0.3, -0.25) is 5.32 Å². The van der Waals surface area contributed by atoms with E-state index in [4.69, 9.17) is 9.84 Å². The second-order valence-electron chi connectivity index (χ2n) is 4.73. The Hall–Kier alpha value is -0.630. The van der Waals surface area contributed by atoms with Crippen molar-refractivity contribution < 1.29 is 9.84 Å². The van der Waals surface area contributed by atoms with Gasteiger partial charge in [0.2, 0.25) is 0 Å². The highest BCUT2D eigenvalue weighted by atomic mass is 16.5. The highest BCUT2D eigenvalue weighted by molar-refractivity contribution is 5.11. The van der Waals surface area contributed by atoms with Gasteiger partial charge in [0.05, 0.1) is 18.3 Å². The maximum atomic E-state index is 9.24. The number of nitriles is 1. The van der Waals surface area contributed by atoms with Crippen LogP contribution in [0.15, 0.2) is 0 Å². The molecular formula is C11H20N2O2. The summed E-state index contributed by atoms with van der Waals surface area (Å²) in [5.41, 5.74) is -0.711. The van der Waals surface area contributed by atoms with Gasteiger partial charge in [-0.15, -0.1) is 0 Å². The van der Waals surface area contributed by atoms with Gasteiger partial charge in [-0.2, -0.15) is 5.26 Å². The van der Waals surface area contributed by atoms with Crippen LogP contribution in [0, 0.1) is 11.3 Å². The molecule has 86 valence electrons. The molecule has 15 heavy (non-hydrogen) atoms. The zero-order valence-corrected chi connectivity index (χ0v) is 9.55. The molecule has 1 heterocycles. The molecular weight excluding hydrogens is 192 g/mol. The van der Waals surface area contributed by atoms with E-state index in [1.165, 1.54) is 0 Å². The van der Waals surface area contributed by atoms with Crippen LogP contribution >= 0.6 is 0 Å². The van der Waals surface area contributed by atoms with Crippen molar-refractivity contribution in [3.05, 3.63) is 0 Å². The molecule has 0 radical (unpaired) electrons. The van der Waals surface area contributed by atoms with Crippen LogP contribution in [0.2, 0.25) is 0 Å². The summed E-state index contributed by atoms with van der Waals surface area (Å²) in [5.74, 6) is 0. The molecule has 1 saturated heterocycles. The number of ether oxygens (including phenoxy) is 1. The van der Waals surface area contributed by atoms with E-state index in [1.807, 2.05) is 13.8 Å². The first-order valence-corrected chi connectivity index (χ1v) is 5.45. The van der Waals surface area contributed by atoms with Gasteiger partial charge in [-0.25, -0.2) is 0 Å². The van der Waals surface area contributed by atoms with Gasteiger partial charge >= 0.3 is 0 Å². The molecule has 1 unspecified atom stereocenters. The molecule has 0 aromatic carbocycles. The van der Waals surface area contributed by atoms with E-state index in [9.17, 15) is 5.26 Å². The van der Waals surface area contributed by atoms with Crippen LogP contribution in [0.1, 0.15) is 33.1 Å². The SMILES string of the molecule is CC1(C)CC(C#N)(NCCCO)CCO1. The summed E-state index contributed by atoms with van der Waals surface area (Å²) >= 11 is 0. The fourth-order valence-electron chi connectivity index (χ4n) is 2.06. The van der Waals surface area contributed by atoms with Crippen LogP contribution < -0.4 is 5.32 Å². The highest BCUT2D eigenvalue weighted by Crippen LogP contribution is 2.31. The van der Waals surface area contributed by atoms with E-state index in [0.717, 1.165) is 6.42 Å². The molecule has 0 spiro atoms. The zero-order chi connectivity index (χ0) is 11.4. The molecule has 2 N–H and O–H groups in total. The lowest BCUT2D eigenvalue weighted by Crippen LogP contribution is -2.54. The van der Waals surface area contributed by atoms with Crippen molar-refractivity contribution in [2.24, 2.45) is 0 Å². The minimum atomic E-state index is -0.475. The predicted octanol–water partition coefficient (Wildman–Crippen LogP) is 0.810. The Kier molecular flexibility index (Phi) is 4.09. The van der Waals surface area contributed by atoms with Crippen molar-refractivity contribution in [2.45, 2.75) is 44.2 Å². The van der Waals surface area contributed by atoms with Crippen LogP contribution in [-0.4, -0.2) is 36.0 Å². The minimum Gasteiger partial charge on any atom is -0.396 e. The second-order valence-corrected chi connectivity index (χ2v) is 4.73. The van der Waals surface area contributed by atoms with Crippen molar-refractivity contribution >= 4 is 0 Å². The van der Waals surface area contributed by atoms with Crippen molar-refractivity contribution in [3.63, 3.8) is 0 Å². The number of nitrogens with one attached hydrogen (secondary N) is 1. The Balaban J connectivity index is 2.56. The van der Waals surface area contributed by atoms with Gasteiger partial charge < -0.3 is 9.84 Å². The van der Waals surface area contributed by atoms with Crippen molar-refractivity contribution in [1.82, 2.24) is 5.32 Å². The number of rotatable bonds is 4. The maximum Gasteiger partial charge on any atom is 0.111 e. The lowest BCUT2D eigenvalue weighted by Gasteiger charge is -2.41.